The first-order valence-corrected chi connectivity index (χ1v) is 6.81. The SMILES string of the molecule is CC(C)OC(=O)C1CCN(C(=O)OC(C)(C)C)CC1=O.Cl. The van der Waals surface area contributed by atoms with Gasteiger partial charge in [-0.05, 0) is 41.0 Å². The smallest absolute Gasteiger partial charge is 0.410 e. The van der Waals surface area contributed by atoms with E-state index in [1.54, 1.807) is 34.6 Å². The largest absolute Gasteiger partial charge is 0.462 e. The molecule has 1 saturated heterocycles. The maximum atomic E-state index is 11.9. The van der Waals surface area contributed by atoms with Gasteiger partial charge in [-0.25, -0.2) is 4.79 Å². The fourth-order valence-corrected chi connectivity index (χ4v) is 1.87. The zero-order chi connectivity index (χ0) is 15.5. The van der Waals surface area contributed by atoms with Gasteiger partial charge in [0.15, 0.2) is 5.78 Å². The zero-order valence-corrected chi connectivity index (χ0v) is 14.0. The lowest BCUT2D eigenvalue weighted by molar-refractivity contribution is -0.157. The van der Waals surface area contributed by atoms with Gasteiger partial charge in [0.1, 0.15) is 11.5 Å². The number of hydrogen-bond donors (Lipinski definition) is 0. The molecule has 0 aromatic rings. The van der Waals surface area contributed by atoms with Crippen LogP contribution in [-0.2, 0) is 19.1 Å². The van der Waals surface area contributed by atoms with E-state index < -0.39 is 23.6 Å². The quantitative estimate of drug-likeness (QED) is 0.576. The molecule has 0 radical (unpaired) electrons. The van der Waals surface area contributed by atoms with Gasteiger partial charge in [0, 0.05) is 6.54 Å². The third-order valence-electron chi connectivity index (χ3n) is 2.71. The van der Waals surface area contributed by atoms with Crippen molar-refractivity contribution in [3.05, 3.63) is 0 Å². The van der Waals surface area contributed by atoms with Gasteiger partial charge in [-0.3, -0.25) is 9.59 Å². The topological polar surface area (TPSA) is 72.9 Å². The molecule has 0 aliphatic carbocycles. The summed E-state index contributed by atoms with van der Waals surface area (Å²) in [5, 5.41) is 0. The third kappa shape index (κ3) is 6.33. The van der Waals surface area contributed by atoms with E-state index in [1.165, 1.54) is 4.90 Å². The van der Waals surface area contributed by atoms with Crippen molar-refractivity contribution in [3.63, 3.8) is 0 Å². The van der Waals surface area contributed by atoms with E-state index in [4.69, 9.17) is 9.47 Å². The average Bonchev–Trinajstić information content (AvgIpc) is 2.25. The second-order valence-corrected chi connectivity index (χ2v) is 6.20. The first-order chi connectivity index (χ1) is 9.10. The molecular weight excluding hydrogens is 298 g/mol. The molecule has 7 heteroatoms. The average molecular weight is 322 g/mol. The first-order valence-electron chi connectivity index (χ1n) is 6.81. The minimum Gasteiger partial charge on any atom is -0.462 e. The molecule has 1 atom stereocenters. The van der Waals surface area contributed by atoms with Crippen molar-refractivity contribution in [2.45, 2.75) is 52.7 Å². The van der Waals surface area contributed by atoms with Gasteiger partial charge < -0.3 is 14.4 Å². The maximum Gasteiger partial charge on any atom is 0.410 e. The van der Waals surface area contributed by atoms with E-state index in [0.29, 0.717) is 6.54 Å². The van der Waals surface area contributed by atoms with Gasteiger partial charge in [0.2, 0.25) is 0 Å². The molecule has 0 saturated carbocycles. The van der Waals surface area contributed by atoms with Gasteiger partial charge in [0.25, 0.3) is 0 Å². The Labute approximate surface area is 131 Å². The van der Waals surface area contributed by atoms with Crippen LogP contribution in [0, 0.1) is 5.92 Å². The van der Waals surface area contributed by atoms with E-state index in [-0.39, 0.29) is 37.3 Å². The molecule has 0 aromatic heterocycles. The summed E-state index contributed by atoms with van der Waals surface area (Å²) in [4.78, 5) is 36.9. The molecule has 1 amide bonds. The standard InChI is InChI=1S/C14H23NO5.ClH/c1-9(2)19-12(17)10-6-7-15(8-11(10)16)13(18)20-14(3,4)5;/h9-10H,6-8H2,1-5H3;1H. The summed E-state index contributed by atoms with van der Waals surface area (Å²) in [6, 6.07) is 0. The Balaban J connectivity index is 0.00000400. The van der Waals surface area contributed by atoms with Crippen molar-refractivity contribution in [2.75, 3.05) is 13.1 Å². The van der Waals surface area contributed by atoms with Crippen LogP contribution in [0.15, 0.2) is 0 Å². The maximum absolute atomic E-state index is 11.9. The van der Waals surface area contributed by atoms with Crippen LogP contribution in [0.25, 0.3) is 0 Å². The molecule has 1 fully saturated rings. The molecule has 0 N–H and O–H groups in total. The number of Topliss-reactive ketones (excluding diaryl/α,β-unsaturated/α-hetero) is 1. The third-order valence-corrected chi connectivity index (χ3v) is 2.71. The number of esters is 1. The van der Waals surface area contributed by atoms with Gasteiger partial charge >= 0.3 is 12.1 Å². The summed E-state index contributed by atoms with van der Waals surface area (Å²) in [6.45, 7) is 8.97. The summed E-state index contributed by atoms with van der Waals surface area (Å²) in [7, 11) is 0. The highest BCUT2D eigenvalue weighted by molar-refractivity contribution is 6.01. The Morgan fingerprint density at radius 1 is 1.29 bits per heavy atom. The minimum atomic E-state index is -0.768. The number of ether oxygens (including phenoxy) is 2. The number of rotatable bonds is 2. The number of hydrogen-bond acceptors (Lipinski definition) is 5. The van der Waals surface area contributed by atoms with Crippen LogP contribution >= 0.6 is 12.4 Å². The Morgan fingerprint density at radius 2 is 1.86 bits per heavy atom. The van der Waals surface area contributed by atoms with Crippen molar-refractivity contribution in [2.24, 2.45) is 5.92 Å². The second-order valence-electron chi connectivity index (χ2n) is 6.20. The molecule has 1 aliphatic heterocycles. The molecule has 0 spiro atoms. The number of carbonyl (C=O) groups excluding carboxylic acids is 3. The van der Waals surface area contributed by atoms with E-state index >= 15 is 0 Å². The van der Waals surface area contributed by atoms with E-state index in [2.05, 4.69) is 0 Å². The van der Waals surface area contributed by atoms with E-state index in [1.807, 2.05) is 0 Å². The monoisotopic (exact) mass is 321 g/mol. The summed E-state index contributed by atoms with van der Waals surface area (Å²) >= 11 is 0. The number of likely N-dealkylation sites (tertiary alicyclic amines) is 1. The highest BCUT2D eigenvalue weighted by Crippen LogP contribution is 2.19. The van der Waals surface area contributed by atoms with E-state index in [0.717, 1.165) is 0 Å². The van der Waals surface area contributed by atoms with Crippen LogP contribution in [0.1, 0.15) is 41.0 Å². The zero-order valence-electron chi connectivity index (χ0n) is 13.2. The molecule has 0 bridgehead atoms. The summed E-state index contributed by atoms with van der Waals surface area (Å²) < 4.78 is 10.2. The molecule has 1 aliphatic rings. The molecule has 1 unspecified atom stereocenters. The van der Waals surface area contributed by atoms with Crippen molar-refractivity contribution in [3.8, 4) is 0 Å². The van der Waals surface area contributed by atoms with Crippen molar-refractivity contribution in [1.29, 1.82) is 0 Å². The van der Waals surface area contributed by atoms with Crippen LogP contribution in [0.2, 0.25) is 0 Å². The highest BCUT2D eigenvalue weighted by atomic mass is 35.5. The summed E-state index contributed by atoms with van der Waals surface area (Å²) in [6.07, 6.45) is -0.496. The predicted octanol–water partition coefficient (Wildman–Crippen LogP) is 2.19. The van der Waals surface area contributed by atoms with Crippen LogP contribution in [0.5, 0.6) is 0 Å². The number of carbonyl (C=O) groups is 3. The highest BCUT2D eigenvalue weighted by Gasteiger charge is 2.36. The van der Waals surface area contributed by atoms with Crippen molar-refractivity contribution < 1.29 is 23.9 Å². The molecule has 122 valence electrons. The van der Waals surface area contributed by atoms with Crippen LogP contribution < -0.4 is 0 Å². The normalized spacial score (nSPS) is 19.0. The molecule has 0 aromatic carbocycles. The molecule has 6 nitrogen and oxygen atoms in total. The van der Waals surface area contributed by atoms with Crippen LogP contribution in [0.3, 0.4) is 0 Å². The van der Waals surface area contributed by atoms with Gasteiger partial charge in [0.05, 0.1) is 12.6 Å². The Kier molecular flexibility index (Phi) is 7.16. The van der Waals surface area contributed by atoms with Crippen LogP contribution in [-0.4, -0.2) is 47.5 Å². The fourth-order valence-electron chi connectivity index (χ4n) is 1.87. The Morgan fingerprint density at radius 3 is 2.29 bits per heavy atom. The minimum absolute atomic E-state index is 0. The molecular formula is C14H24ClNO5. The second kappa shape index (κ2) is 7.64. The van der Waals surface area contributed by atoms with Gasteiger partial charge in [-0.1, -0.05) is 0 Å². The first kappa shape index (κ1) is 19.7. The fraction of sp³-hybridized carbons (Fsp3) is 0.786. The molecule has 21 heavy (non-hydrogen) atoms. The van der Waals surface area contributed by atoms with Crippen LogP contribution in [0.4, 0.5) is 4.79 Å². The number of amides is 1. The Bertz CT molecular complexity index is 403. The van der Waals surface area contributed by atoms with Crippen molar-refractivity contribution >= 4 is 30.3 Å². The predicted molar refractivity (Wildman–Crippen MR) is 79.4 cm³/mol. The molecule has 1 rings (SSSR count). The number of halogens is 1. The van der Waals surface area contributed by atoms with Crippen molar-refractivity contribution in [1.82, 2.24) is 4.90 Å². The van der Waals surface area contributed by atoms with Gasteiger partial charge in [-0.2, -0.15) is 0 Å². The lowest BCUT2D eigenvalue weighted by atomic mass is 9.96. The van der Waals surface area contributed by atoms with Gasteiger partial charge in [-0.15, -0.1) is 12.4 Å². The Hall–Kier alpha value is -1.30. The number of piperidine rings is 1. The number of nitrogens with zero attached hydrogens (tertiary/aromatic N) is 1. The summed E-state index contributed by atoms with van der Waals surface area (Å²) in [5.41, 5.74) is -0.604. The lowest BCUT2D eigenvalue weighted by Gasteiger charge is -2.31. The molecule has 1 heterocycles. The van der Waals surface area contributed by atoms with E-state index in [9.17, 15) is 14.4 Å². The number of ketones is 1. The summed E-state index contributed by atoms with van der Waals surface area (Å²) in [5.74, 6) is -1.57. The lowest BCUT2D eigenvalue weighted by Crippen LogP contribution is -2.48.